The lowest BCUT2D eigenvalue weighted by Crippen LogP contribution is -2.39. The van der Waals surface area contributed by atoms with Crippen molar-refractivity contribution in [3.63, 3.8) is 0 Å². The molecule has 1 saturated heterocycles. The van der Waals surface area contributed by atoms with Crippen molar-refractivity contribution in [2.24, 2.45) is 0 Å². The second-order valence-electron chi connectivity index (χ2n) is 7.36. The summed E-state index contributed by atoms with van der Waals surface area (Å²) in [5, 5.41) is 0. The summed E-state index contributed by atoms with van der Waals surface area (Å²) in [6, 6.07) is 14.5. The Morgan fingerprint density at radius 3 is 2.64 bits per heavy atom. The van der Waals surface area contributed by atoms with E-state index < -0.39 is 0 Å². The third-order valence-electron chi connectivity index (χ3n) is 5.69. The van der Waals surface area contributed by atoms with Gasteiger partial charge in [-0.3, -0.25) is 4.79 Å². The first-order valence-corrected chi connectivity index (χ1v) is 9.93. The minimum absolute atomic E-state index is 0.0216. The fourth-order valence-electron chi connectivity index (χ4n) is 4.28. The molecule has 0 bridgehead atoms. The molecule has 0 atom stereocenters. The molecule has 1 aliphatic heterocycles. The van der Waals surface area contributed by atoms with E-state index in [4.69, 9.17) is 4.98 Å². The number of carbonyl (C=O) groups is 1. The van der Waals surface area contributed by atoms with Crippen molar-refractivity contribution in [1.82, 2.24) is 23.8 Å². The maximum absolute atomic E-state index is 12.9. The van der Waals surface area contributed by atoms with Crippen molar-refractivity contribution in [3.8, 4) is 0 Å². The second kappa shape index (κ2) is 6.78. The van der Waals surface area contributed by atoms with E-state index in [1.54, 1.807) is 0 Å². The molecule has 142 valence electrons. The van der Waals surface area contributed by atoms with E-state index in [-0.39, 0.29) is 5.91 Å². The van der Waals surface area contributed by atoms with E-state index in [9.17, 15) is 4.79 Å². The van der Waals surface area contributed by atoms with Gasteiger partial charge in [-0.25, -0.2) is 9.97 Å². The van der Waals surface area contributed by atoms with Crippen LogP contribution in [-0.2, 0) is 6.42 Å². The Balaban J connectivity index is 1.36. The van der Waals surface area contributed by atoms with Gasteiger partial charge < -0.3 is 13.9 Å². The Labute approximate surface area is 163 Å². The molecule has 28 heavy (non-hydrogen) atoms. The molecule has 6 nitrogen and oxygen atoms in total. The zero-order chi connectivity index (χ0) is 19.1. The van der Waals surface area contributed by atoms with Gasteiger partial charge in [0.25, 0.3) is 5.91 Å². The number of benzene rings is 1. The molecule has 5 rings (SSSR count). The Hall–Kier alpha value is -3.15. The van der Waals surface area contributed by atoms with Gasteiger partial charge in [-0.05, 0) is 37.1 Å². The van der Waals surface area contributed by atoms with Crippen LogP contribution in [0.25, 0.3) is 16.7 Å². The summed E-state index contributed by atoms with van der Waals surface area (Å²) in [4.78, 5) is 24.1. The minimum Gasteiger partial charge on any atom is -0.337 e. The van der Waals surface area contributed by atoms with Crippen molar-refractivity contribution < 1.29 is 4.79 Å². The number of piperidine rings is 1. The molecule has 1 aliphatic rings. The van der Waals surface area contributed by atoms with E-state index in [0.29, 0.717) is 11.7 Å². The summed E-state index contributed by atoms with van der Waals surface area (Å²) >= 11 is 0. The highest BCUT2D eigenvalue weighted by atomic mass is 16.2. The number of nitrogens with zero attached hydrogens (tertiary/aromatic N) is 5. The standard InChI is InChI=1S/C22H23N5O/c1-2-20-23-17-7-3-4-8-19(17)27(20)16-10-13-25(14-11-16)22(28)18-15-26-12-6-5-9-21(26)24-18/h3-9,12,15-16H,2,10-11,13-14H2,1H3. The molecule has 0 saturated carbocycles. The third kappa shape index (κ3) is 2.76. The minimum atomic E-state index is 0.0216. The normalized spacial score (nSPS) is 15.5. The van der Waals surface area contributed by atoms with Gasteiger partial charge in [-0.1, -0.05) is 25.1 Å². The van der Waals surface area contributed by atoms with Crippen LogP contribution in [0.4, 0.5) is 0 Å². The zero-order valence-corrected chi connectivity index (χ0v) is 16.0. The highest BCUT2D eigenvalue weighted by Gasteiger charge is 2.27. The Morgan fingerprint density at radius 1 is 1.07 bits per heavy atom. The molecule has 6 heteroatoms. The topological polar surface area (TPSA) is 55.4 Å². The van der Waals surface area contributed by atoms with Gasteiger partial charge in [-0.2, -0.15) is 0 Å². The summed E-state index contributed by atoms with van der Waals surface area (Å²) in [5.74, 6) is 1.15. The van der Waals surface area contributed by atoms with E-state index in [0.717, 1.165) is 49.3 Å². The van der Waals surface area contributed by atoms with Crippen molar-refractivity contribution in [3.05, 3.63) is 66.4 Å². The quantitative estimate of drug-likeness (QED) is 0.550. The summed E-state index contributed by atoms with van der Waals surface area (Å²) < 4.78 is 4.28. The molecular weight excluding hydrogens is 350 g/mol. The molecule has 0 N–H and O–H groups in total. The monoisotopic (exact) mass is 373 g/mol. The molecular formula is C22H23N5O. The number of carbonyl (C=O) groups excluding carboxylic acids is 1. The number of fused-ring (bicyclic) bond motifs is 2. The first-order chi connectivity index (χ1) is 13.7. The Bertz CT molecular complexity index is 1120. The van der Waals surface area contributed by atoms with Gasteiger partial charge in [0.15, 0.2) is 0 Å². The predicted molar refractivity (Wildman–Crippen MR) is 108 cm³/mol. The van der Waals surface area contributed by atoms with Crippen molar-refractivity contribution in [1.29, 1.82) is 0 Å². The number of pyridine rings is 1. The number of rotatable bonds is 3. The summed E-state index contributed by atoms with van der Waals surface area (Å²) in [5.41, 5.74) is 3.58. The van der Waals surface area contributed by atoms with Crippen LogP contribution in [0, 0.1) is 0 Å². The fraction of sp³-hybridized carbons (Fsp3) is 0.318. The van der Waals surface area contributed by atoms with Crippen LogP contribution >= 0.6 is 0 Å². The van der Waals surface area contributed by atoms with Crippen molar-refractivity contribution in [2.75, 3.05) is 13.1 Å². The van der Waals surface area contributed by atoms with Crippen LogP contribution in [-0.4, -0.2) is 42.8 Å². The lowest BCUT2D eigenvalue weighted by molar-refractivity contribution is 0.0690. The Morgan fingerprint density at radius 2 is 1.86 bits per heavy atom. The molecule has 4 aromatic rings. The number of para-hydroxylation sites is 2. The predicted octanol–water partition coefficient (Wildman–Crippen LogP) is 3.72. The van der Waals surface area contributed by atoms with Gasteiger partial charge in [0.05, 0.1) is 11.0 Å². The highest BCUT2D eigenvalue weighted by molar-refractivity contribution is 5.93. The van der Waals surface area contributed by atoms with Crippen LogP contribution in [0.2, 0.25) is 0 Å². The van der Waals surface area contributed by atoms with E-state index >= 15 is 0 Å². The summed E-state index contributed by atoms with van der Waals surface area (Å²) in [6.07, 6.45) is 6.53. The molecule has 1 fully saturated rings. The van der Waals surface area contributed by atoms with E-state index in [1.807, 2.05) is 46.0 Å². The number of aryl methyl sites for hydroxylation is 1. The van der Waals surface area contributed by atoms with Crippen molar-refractivity contribution in [2.45, 2.75) is 32.2 Å². The molecule has 0 spiro atoms. The average molecular weight is 373 g/mol. The largest absolute Gasteiger partial charge is 0.337 e. The lowest BCUT2D eigenvalue weighted by atomic mass is 10.0. The number of hydrogen-bond donors (Lipinski definition) is 0. The van der Waals surface area contributed by atoms with Crippen LogP contribution in [0.3, 0.4) is 0 Å². The number of aromatic nitrogens is 4. The van der Waals surface area contributed by atoms with E-state index in [1.165, 1.54) is 5.52 Å². The van der Waals surface area contributed by atoms with Crippen molar-refractivity contribution >= 4 is 22.6 Å². The van der Waals surface area contributed by atoms with Gasteiger partial charge in [0.2, 0.25) is 0 Å². The number of imidazole rings is 2. The number of likely N-dealkylation sites (tertiary alicyclic amines) is 1. The van der Waals surface area contributed by atoms with Crippen LogP contribution in [0.5, 0.6) is 0 Å². The number of hydrogen-bond acceptors (Lipinski definition) is 3. The fourth-order valence-corrected chi connectivity index (χ4v) is 4.28. The lowest BCUT2D eigenvalue weighted by Gasteiger charge is -2.33. The van der Waals surface area contributed by atoms with Gasteiger partial charge in [0.1, 0.15) is 17.2 Å². The number of amides is 1. The Kier molecular flexibility index (Phi) is 4.11. The van der Waals surface area contributed by atoms with Crippen LogP contribution < -0.4 is 0 Å². The molecule has 1 aromatic carbocycles. The second-order valence-corrected chi connectivity index (χ2v) is 7.36. The molecule has 0 radical (unpaired) electrons. The smallest absolute Gasteiger partial charge is 0.274 e. The molecule has 4 heterocycles. The SMILES string of the molecule is CCc1nc2ccccc2n1C1CCN(C(=O)c2cn3ccccc3n2)CC1. The summed E-state index contributed by atoms with van der Waals surface area (Å²) in [6.45, 7) is 3.64. The maximum Gasteiger partial charge on any atom is 0.274 e. The highest BCUT2D eigenvalue weighted by Crippen LogP contribution is 2.29. The molecule has 0 unspecified atom stereocenters. The summed E-state index contributed by atoms with van der Waals surface area (Å²) in [7, 11) is 0. The molecule has 0 aliphatic carbocycles. The average Bonchev–Trinajstić information content (AvgIpc) is 3.34. The van der Waals surface area contributed by atoms with Crippen LogP contribution in [0.15, 0.2) is 54.9 Å². The zero-order valence-electron chi connectivity index (χ0n) is 16.0. The maximum atomic E-state index is 12.9. The third-order valence-corrected chi connectivity index (χ3v) is 5.69. The molecule has 1 amide bonds. The van der Waals surface area contributed by atoms with Crippen LogP contribution in [0.1, 0.15) is 42.1 Å². The van der Waals surface area contributed by atoms with E-state index in [2.05, 4.69) is 34.7 Å². The van der Waals surface area contributed by atoms with Gasteiger partial charge in [0, 0.05) is 37.9 Å². The first kappa shape index (κ1) is 17.0. The van der Waals surface area contributed by atoms with Gasteiger partial charge in [-0.15, -0.1) is 0 Å². The first-order valence-electron chi connectivity index (χ1n) is 9.93. The molecule has 3 aromatic heterocycles. The van der Waals surface area contributed by atoms with Gasteiger partial charge >= 0.3 is 0 Å².